The molecule has 2 aromatic rings. The fraction of sp³-hybridized carbons (Fsp3) is 0.214. The monoisotopic (exact) mass is 291 g/mol. The first-order valence-electron chi connectivity index (χ1n) is 6.21. The molecule has 0 atom stereocenters. The van der Waals surface area contributed by atoms with Gasteiger partial charge in [0.1, 0.15) is 5.69 Å². The number of nitrogens with zero attached hydrogens (tertiary/aromatic N) is 2. The Morgan fingerprint density at radius 2 is 2.05 bits per heavy atom. The summed E-state index contributed by atoms with van der Waals surface area (Å²) in [7, 11) is 0. The van der Waals surface area contributed by atoms with Crippen LogP contribution in [0.15, 0.2) is 41.2 Å². The molecule has 5 nitrogen and oxygen atoms in total. The Morgan fingerprint density at radius 3 is 2.75 bits per heavy atom. The number of carbonyl (C=O) groups is 1. The summed E-state index contributed by atoms with van der Waals surface area (Å²) in [6, 6.07) is 10.0. The van der Waals surface area contributed by atoms with Gasteiger partial charge >= 0.3 is 0 Å². The summed E-state index contributed by atoms with van der Waals surface area (Å²) in [4.78, 5) is 23.4. The molecule has 0 aliphatic heterocycles. The Bertz CT molecular complexity index is 682. The van der Waals surface area contributed by atoms with Gasteiger partial charge in [-0.2, -0.15) is 5.10 Å². The van der Waals surface area contributed by atoms with Crippen molar-refractivity contribution in [2.75, 3.05) is 0 Å². The first-order valence-corrected chi connectivity index (χ1v) is 6.59. The lowest BCUT2D eigenvalue weighted by Crippen LogP contribution is -2.29. The molecule has 104 valence electrons. The molecule has 0 aliphatic carbocycles. The number of amides is 1. The fourth-order valence-corrected chi connectivity index (χ4v) is 1.91. The molecule has 0 bridgehead atoms. The minimum Gasteiger partial charge on any atom is -0.347 e. The maximum atomic E-state index is 12.0. The predicted molar refractivity (Wildman–Crippen MR) is 76.8 cm³/mol. The predicted octanol–water partition coefficient (Wildman–Crippen LogP) is 1.85. The van der Waals surface area contributed by atoms with E-state index in [0.717, 1.165) is 5.56 Å². The van der Waals surface area contributed by atoms with Gasteiger partial charge in [0.15, 0.2) is 0 Å². The third-order valence-electron chi connectivity index (χ3n) is 2.80. The van der Waals surface area contributed by atoms with Gasteiger partial charge < -0.3 is 5.32 Å². The number of halogens is 1. The lowest BCUT2D eigenvalue weighted by Gasteiger charge is -2.07. The van der Waals surface area contributed by atoms with Crippen LogP contribution in [-0.4, -0.2) is 15.7 Å². The molecule has 0 unspecified atom stereocenters. The van der Waals surface area contributed by atoms with E-state index in [1.165, 1.54) is 16.8 Å². The molecular formula is C14H14ClN3O2. The van der Waals surface area contributed by atoms with Crippen LogP contribution in [0.4, 0.5) is 0 Å². The Morgan fingerprint density at radius 1 is 1.30 bits per heavy atom. The number of aryl methyl sites for hydroxylation is 1. The highest BCUT2D eigenvalue weighted by Gasteiger charge is 2.09. The van der Waals surface area contributed by atoms with Crippen molar-refractivity contribution in [1.82, 2.24) is 15.1 Å². The number of hydrogen-bond acceptors (Lipinski definition) is 3. The maximum absolute atomic E-state index is 12.0. The fourth-order valence-electron chi connectivity index (χ4n) is 1.70. The van der Waals surface area contributed by atoms with Crippen LogP contribution in [0, 0.1) is 0 Å². The quantitative estimate of drug-likeness (QED) is 0.935. The van der Waals surface area contributed by atoms with Crippen LogP contribution in [0.5, 0.6) is 0 Å². The highest BCUT2D eigenvalue weighted by Crippen LogP contribution is 2.14. The number of aromatic nitrogens is 2. The molecule has 20 heavy (non-hydrogen) atoms. The average Bonchev–Trinajstić information content (AvgIpc) is 2.46. The van der Waals surface area contributed by atoms with Crippen molar-refractivity contribution >= 4 is 17.5 Å². The lowest BCUT2D eigenvalue weighted by molar-refractivity contribution is 0.0943. The molecule has 0 spiro atoms. The van der Waals surface area contributed by atoms with E-state index in [-0.39, 0.29) is 17.2 Å². The Balaban J connectivity index is 2.09. The van der Waals surface area contributed by atoms with Crippen LogP contribution in [0.1, 0.15) is 23.0 Å². The topological polar surface area (TPSA) is 64.0 Å². The summed E-state index contributed by atoms with van der Waals surface area (Å²) in [6.45, 7) is 2.52. The highest BCUT2D eigenvalue weighted by atomic mass is 35.5. The molecule has 1 aromatic heterocycles. The van der Waals surface area contributed by atoms with Gasteiger partial charge in [-0.15, -0.1) is 0 Å². The molecular weight excluding hydrogens is 278 g/mol. The van der Waals surface area contributed by atoms with Crippen molar-refractivity contribution in [1.29, 1.82) is 0 Å². The number of carbonyl (C=O) groups excluding carboxylic acids is 1. The van der Waals surface area contributed by atoms with Gasteiger partial charge in [0.05, 0.1) is 0 Å². The van der Waals surface area contributed by atoms with Gasteiger partial charge in [-0.1, -0.05) is 29.8 Å². The van der Waals surface area contributed by atoms with E-state index < -0.39 is 0 Å². The largest absolute Gasteiger partial charge is 0.347 e. The summed E-state index contributed by atoms with van der Waals surface area (Å²) in [5.74, 6) is -0.341. The highest BCUT2D eigenvalue weighted by molar-refractivity contribution is 6.31. The van der Waals surface area contributed by atoms with Crippen LogP contribution in [0.2, 0.25) is 5.02 Å². The van der Waals surface area contributed by atoms with Crippen molar-refractivity contribution in [3.63, 3.8) is 0 Å². The molecule has 1 heterocycles. The number of nitrogens with one attached hydrogen (secondary N) is 1. The summed E-state index contributed by atoms with van der Waals surface area (Å²) < 4.78 is 1.24. The molecule has 6 heteroatoms. The van der Waals surface area contributed by atoms with Gasteiger partial charge in [-0.3, -0.25) is 9.59 Å². The Kier molecular flexibility index (Phi) is 4.53. The van der Waals surface area contributed by atoms with Crippen LogP contribution in [0.3, 0.4) is 0 Å². The Labute approximate surface area is 121 Å². The Hall–Kier alpha value is -2.14. The van der Waals surface area contributed by atoms with Crippen molar-refractivity contribution < 1.29 is 4.79 Å². The zero-order valence-corrected chi connectivity index (χ0v) is 11.7. The van der Waals surface area contributed by atoms with Crippen molar-refractivity contribution in [3.05, 3.63) is 63.0 Å². The van der Waals surface area contributed by atoms with Crippen molar-refractivity contribution in [3.8, 4) is 0 Å². The van der Waals surface area contributed by atoms with E-state index >= 15 is 0 Å². The average molecular weight is 292 g/mol. The van der Waals surface area contributed by atoms with Crippen molar-refractivity contribution in [2.24, 2.45) is 0 Å². The van der Waals surface area contributed by atoms with E-state index in [4.69, 9.17) is 11.6 Å². The van der Waals surface area contributed by atoms with Crippen LogP contribution in [0.25, 0.3) is 0 Å². The molecule has 1 aromatic carbocycles. The normalized spacial score (nSPS) is 10.3. The van der Waals surface area contributed by atoms with E-state index in [0.29, 0.717) is 18.1 Å². The summed E-state index contributed by atoms with van der Waals surface area (Å²) in [5.41, 5.74) is 0.806. The molecule has 0 radical (unpaired) electrons. The van der Waals surface area contributed by atoms with E-state index in [2.05, 4.69) is 10.4 Å². The van der Waals surface area contributed by atoms with Gasteiger partial charge in [0.25, 0.3) is 11.5 Å². The van der Waals surface area contributed by atoms with Crippen molar-refractivity contribution in [2.45, 2.75) is 20.0 Å². The molecule has 1 N–H and O–H groups in total. The molecule has 0 aliphatic rings. The van der Waals surface area contributed by atoms with Gasteiger partial charge in [0, 0.05) is 24.2 Å². The molecule has 2 rings (SSSR count). The van der Waals surface area contributed by atoms with Crippen LogP contribution >= 0.6 is 11.6 Å². The molecule has 1 amide bonds. The first kappa shape index (κ1) is 14.3. The standard InChI is InChI=1S/C14H14ClN3O2/c1-2-18-13(19)8-7-12(17-18)14(20)16-9-10-5-3-4-6-11(10)15/h3-8H,2,9H2,1H3,(H,16,20). The maximum Gasteiger partial charge on any atom is 0.271 e. The molecule has 0 fully saturated rings. The second-order valence-electron chi connectivity index (χ2n) is 4.15. The van der Waals surface area contributed by atoms with Crippen LogP contribution < -0.4 is 10.9 Å². The van der Waals surface area contributed by atoms with Gasteiger partial charge in [0.2, 0.25) is 0 Å². The summed E-state index contributed by atoms with van der Waals surface area (Å²) in [6.07, 6.45) is 0. The number of hydrogen-bond donors (Lipinski definition) is 1. The molecule has 0 saturated carbocycles. The van der Waals surface area contributed by atoms with Gasteiger partial charge in [-0.25, -0.2) is 4.68 Å². The first-order chi connectivity index (χ1) is 9.61. The van der Waals surface area contributed by atoms with Crippen LogP contribution in [-0.2, 0) is 13.1 Å². The third kappa shape index (κ3) is 3.24. The minimum atomic E-state index is -0.341. The number of benzene rings is 1. The minimum absolute atomic E-state index is 0.207. The summed E-state index contributed by atoms with van der Waals surface area (Å²) >= 11 is 6.01. The van der Waals surface area contributed by atoms with E-state index in [1.54, 1.807) is 13.0 Å². The second kappa shape index (κ2) is 6.34. The SMILES string of the molecule is CCn1nc(C(=O)NCc2ccccc2Cl)ccc1=O. The molecule has 0 saturated heterocycles. The lowest BCUT2D eigenvalue weighted by atomic mass is 10.2. The van der Waals surface area contributed by atoms with E-state index in [1.807, 2.05) is 18.2 Å². The zero-order chi connectivity index (χ0) is 14.5. The van der Waals surface area contributed by atoms with Gasteiger partial charge in [-0.05, 0) is 24.6 Å². The second-order valence-corrected chi connectivity index (χ2v) is 4.55. The zero-order valence-electron chi connectivity index (χ0n) is 11.0. The third-order valence-corrected chi connectivity index (χ3v) is 3.16. The smallest absolute Gasteiger partial charge is 0.271 e. The number of rotatable bonds is 4. The summed E-state index contributed by atoms with van der Waals surface area (Å²) in [5, 5.41) is 7.31. The van der Waals surface area contributed by atoms with E-state index in [9.17, 15) is 9.59 Å².